The van der Waals surface area contributed by atoms with Gasteiger partial charge in [-0.3, -0.25) is 4.79 Å². The van der Waals surface area contributed by atoms with E-state index in [9.17, 15) is 4.79 Å². The van der Waals surface area contributed by atoms with Crippen molar-refractivity contribution in [3.63, 3.8) is 0 Å². The van der Waals surface area contributed by atoms with Crippen molar-refractivity contribution < 1.29 is 10.0 Å². The Kier molecular flexibility index (Phi) is 4.09. The summed E-state index contributed by atoms with van der Waals surface area (Å²) in [6.07, 6.45) is 2.71. The highest BCUT2D eigenvalue weighted by atomic mass is 32.1. The Hall–Kier alpha value is -1.56. The van der Waals surface area contributed by atoms with E-state index in [2.05, 4.69) is 5.16 Å². The number of hydrogen-bond acceptors (Lipinski definition) is 4. The fourth-order valence-electron chi connectivity index (χ4n) is 2.37. The summed E-state index contributed by atoms with van der Waals surface area (Å²) in [4.78, 5) is 16.1. The zero-order valence-corrected chi connectivity index (χ0v) is 12.0. The fraction of sp³-hybridized carbons (Fsp3) is 0.538. The molecule has 1 aromatic rings. The highest BCUT2D eigenvalue weighted by molar-refractivity contribution is 7.14. The van der Waals surface area contributed by atoms with Gasteiger partial charge in [0.25, 0.3) is 5.91 Å². The first-order valence-electron chi connectivity index (χ1n) is 6.40. The van der Waals surface area contributed by atoms with Gasteiger partial charge in [-0.1, -0.05) is 5.16 Å². The third-order valence-corrected chi connectivity index (χ3v) is 4.74. The molecule has 0 spiro atoms. The van der Waals surface area contributed by atoms with E-state index in [-0.39, 0.29) is 17.8 Å². The van der Waals surface area contributed by atoms with Crippen LogP contribution in [-0.4, -0.2) is 34.4 Å². The number of nitrogens with zero attached hydrogens (tertiary/aromatic N) is 2. The second kappa shape index (κ2) is 5.61. The van der Waals surface area contributed by atoms with Gasteiger partial charge < -0.3 is 15.8 Å². The molecule has 1 aromatic heterocycles. The van der Waals surface area contributed by atoms with Gasteiger partial charge in [-0.05, 0) is 44.7 Å². The number of amidine groups is 1. The van der Waals surface area contributed by atoms with E-state index in [0.29, 0.717) is 6.54 Å². The van der Waals surface area contributed by atoms with Gasteiger partial charge in [0.05, 0.1) is 10.9 Å². The number of hydrogen-bond donors (Lipinski definition) is 2. The van der Waals surface area contributed by atoms with E-state index in [1.807, 2.05) is 19.9 Å². The van der Waals surface area contributed by atoms with E-state index in [1.54, 1.807) is 4.90 Å². The Morgan fingerprint density at radius 3 is 2.84 bits per heavy atom. The molecule has 1 unspecified atom stereocenters. The predicted molar refractivity (Wildman–Crippen MR) is 75.9 cm³/mol. The second-order valence-electron chi connectivity index (χ2n) is 4.88. The van der Waals surface area contributed by atoms with Crippen molar-refractivity contribution in [2.24, 2.45) is 10.9 Å². The van der Waals surface area contributed by atoms with Gasteiger partial charge in [0, 0.05) is 11.4 Å². The summed E-state index contributed by atoms with van der Waals surface area (Å²) in [7, 11) is 0. The van der Waals surface area contributed by atoms with Gasteiger partial charge in [0.15, 0.2) is 5.84 Å². The number of carbonyl (C=O) groups is 1. The third kappa shape index (κ3) is 2.73. The Balaban J connectivity index is 2.25. The maximum atomic E-state index is 12.5. The van der Waals surface area contributed by atoms with E-state index in [0.717, 1.165) is 34.6 Å². The highest BCUT2D eigenvalue weighted by Gasteiger charge is 2.31. The number of carbonyl (C=O) groups excluding carboxylic acids is 1. The normalized spacial score (nSPS) is 20.6. The molecule has 3 N–H and O–H groups in total. The van der Waals surface area contributed by atoms with Gasteiger partial charge in [0.1, 0.15) is 0 Å². The zero-order chi connectivity index (χ0) is 14.0. The summed E-state index contributed by atoms with van der Waals surface area (Å²) in [6.45, 7) is 4.67. The highest BCUT2D eigenvalue weighted by Crippen LogP contribution is 2.25. The molecule has 0 aromatic carbocycles. The van der Waals surface area contributed by atoms with Crippen LogP contribution in [0.2, 0.25) is 0 Å². The van der Waals surface area contributed by atoms with Crippen molar-refractivity contribution in [2.75, 3.05) is 6.54 Å². The summed E-state index contributed by atoms with van der Waals surface area (Å²) < 4.78 is 0. The van der Waals surface area contributed by atoms with Crippen LogP contribution in [0.15, 0.2) is 11.2 Å². The molecule has 0 radical (unpaired) electrons. The Morgan fingerprint density at radius 1 is 1.53 bits per heavy atom. The van der Waals surface area contributed by atoms with Crippen LogP contribution in [0, 0.1) is 13.8 Å². The summed E-state index contributed by atoms with van der Waals surface area (Å²) in [5, 5.41) is 11.9. The molecule has 0 aliphatic carbocycles. The molecule has 0 bridgehead atoms. The van der Waals surface area contributed by atoms with E-state index >= 15 is 0 Å². The van der Waals surface area contributed by atoms with Crippen LogP contribution in [0.3, 0.4) is 0 Å². The molecular formula is C13H19N3O2S. The van der Waals surface area contributed by atoms with Crippen molar-refractivity contribution in [3.05, 3.63) is 21.4 Å². The number of oxime groups is 1. The number of rotatable bonds is 2. The van der Waals surface area contributed by atoms with Crippen molar-refractivity contribution >= 4 is 23.1 Å². The van der Waals surface area contributed by atoms with Crippen LogP contribution >= 0.6 is 11.3 Å². The number of thiophene rings is 1. The lowest BCUT2D eigenvalue weighted by atomic mass is 10.0. The van der Waals surface area contributed by atoms with Crippen molar-refractivity contribution in [1.29, 1.82) is 0 Å². The largest absolute Gasteiger partial charge is 0.409 e. The summed E-state index contributed by atoms with van der Waals surface area (Å²) in [6, 6.07) is 1.63. The van der Waals surface area contributed by atoms with E-state index < -0.39 is 0 Å². The van der Waals surface area contributed by atoms with Gasteiger partial charge >= 0.3 is 0 Å². The molecule has 1 amide bonds. The first-order valence-corrected chi connectivity index (χ1v) is 7.21. The molecule has 5 nitrogen and oxygen atoms in total. The summed E-state index contributed by atoms with van der Waals surface area (Å²) >= 11 is 1.50. The third-order valence-electron chi connectivity index (χ3n) is 3.60. The first kappa shape index (κ1) is 13.9. The first-order chi connectivity index (χ1) is 9.04. The van der Waals surface area contributed by atoms with Crippen LogP contribution in [0.4, 0.5) is 0 Å². The Bertz CT molecular complexity index is 490. The molecule has 0 saturated carbocycles. The van der Waals surface area contributed by atoms with Crippen LogP contribution in [0.25, 0.3) is 0 Å². The average Bonchev–Trinajstić information content (AvgIpc) is 2.77. The number of nitrogens with two attached hydrogens (primary N) is 1. The van der Waals surface area contributed by atoms with Crippen molar-refractivity contribution in [3.8, 4) is 0 Å². The standard InChI is InChI=1S/C13H19N3O2S/c1-8-7-11(19-9(8)2)13(17)16-6-4-3-5-10(16)12(14)15-18/h7,10,18H,3-6H2,1-2H3,(H2,14,15). The van der Waals surface area contributed by atoms with Gasteiger partial charge in [-0.2, -0.15) is 0 Å². The number of amides is 1. The average molecular weight is 281 g/mol. The second-order valence-corrected chi connectivity index (χ2v) is 6.14. The molecule has 19 heavy (non-hydrogen) atoms. The van der Waals surface area contributed by atoms with Crippen molar-refractivity contribution in [1.82, 2.24) is 4.90 Å². The number of piperidine rings is 1. The lowest BCUT2D eigenvalue weighted by Crippen LogP contribution is -2.50. The molecule has 1 fully saturated rings. The van der Waals surface area contributed by atoms with Crippen LogP contribution in [-0.2, 0) is 0 Å². The molecule has 6 heteroatoms. The lowest BCUT2D eigenvalue weighted by molar-refractivity contribution is 0.0681. The molecule has 1 saturated heterocycles. The van der Waals surface area contributed by atoms with Gasteiger partial charge in [-0.15, -0.1) is 11.3 Å². The molecule has 1 atom stereocenters. The quantitative estimate of drug-likeness (QED) is 0.377. The monoisotopic (exact) mass is 281 g/mol. The maximum absolute atomic E-state index is 12.5. The van der Waals surface area contributed by atoms with E-state index in [4.69, 9.17) is 10.9 Å². The van der Waals surface area contributed by atoms with Crippen LogP contribution < -0.4 is 5.73 Å². The molecule has 2 heterocycles. The number of aryl methyl sites for hydroxylation is 2. The van der Waals surface area contributed by atoms with Crippen LogP contribution in [0.1, 0.15) is 39.4 Å². The summed E-state index contributed by atoms with van der Waals surface area (Å²) in [5.41, 5.74) is 6.83. The molecule has 2 rings (SSSR count). The molecular weight excluding hydrogens is 262 g/mol. The minimum absolute atomic E-state index is 0.0162. The predicted octanol–water partition coefficient (Wildman–Crippen LogP) is 2.11. The Labute approximate surface area is 116 Å². The van der Waals surface area contributed by atoms with E-state index in [1.165, 1.54) is 11.3 Å². The summed E-state index contributed by atoms with van der Waals surface area (Å²) in [5.74, 6) is 0.107. The van der Waals surface area contributed by atoms with Crippen molar-refractivity contribution in [2.45, 2.75) is 39.2 Å². The minimum Gasteiger partial charge on any atom is -0.409 e. The molecule has 104 valence electrons. The smallest absolute Gasteiger partial charge is 0.264 e. The van der Waals surface area contributed by atoms with Crippen LogP contribution in [0.5, 0.6) is 0 Å². The lowest BCUT2D eigenvalue weighted by Gasteiger charge is -2.34. The topological polar surface area (TPSA) is 78.9 Å². The Morgan fingerprint density at radius 2 is 2.26 bits per heavy atom. The number of likely N-dealkylation sites (tertiary alicyclic amines) is 1. The minimum atomic E-state index is -0.283. The zero-order valence-electron chi connectivity index (χ0n) is 11.2. The fourth-order valence-corrected chi connectivity index (χ4v) is 3.36. The molecule has 1 aliphatic heterocycles. The van der Waals surface area contributed by atoms with Gasteiger partial charge in [-0.25, -0.2) is 0 Å². The van der Waals surface area contributed by atoms with Gasteiger partial charge in [0.2, 0.25) is 0 Å². The SMILES string of the molecule is Cc1cc(C(=O)N2CCCCC2C(N)=NO)sc1C. The molecule has 1 aliphatic rings. The maximum Gasteiger partial charge on any atom is 0.264 e.